The van der Waals surface area contributed by atoms with E-state index in [9.17, 15) is 14.0 Å². The van der Waals surface area contributed by atoms with Crippen LogP contribution in [0.1, 0.15) is 5.56 Å². The minimum absolute atomic E-state index is 0.185. The zero-order valence-corrected chi connectivity index (χ0v) is 12.7. The van der Waals surface area contributed by atoms with Crippen molar-refractivity contribution in [2.45, 2.75) is 12.6 Å². The van der Waals surface area contributed by atoms with Crippen molar-refractivity contribution in [3.8, 4) is 11.1 Å². The Kier molecular flexibility index (Phi) is 4.43. The maximum atomic E-state index is 13.0. The average Bonchev–Trinajstić information content (AvgIpc) is 2.96. The Bertz CT molecular complexity index is 747. The van der Waals surface area contributed by atoms with Crippen LogP contribution in [-0.2, 0) is 11.3 Å². The van der Waals surface area contributed by atoms with Crippen LogP contribution in [0, 0.1) is 5.82 Å². The summed E-state index contributed by atoms with van der Waals surface area (Å²) in [5.41, 5.74) is 4.29. The van der Waals surface area contributed by atoms with Crippen molar-refractivity contribution in [1.29, 1.82) is 0 Å². The van der Waals surface area contributed by atoms with E-state index in [0.717, 1.165) is 16.7 Å². The van der Waals surface area contributed by atoms with Gasteiger partial charge in [-0.05, 0) is 28.8 Å². The predicted octanol–water partition coefficient (Wildman–Crippen LogP) is 1.89. The first-order valence-electron chi connectivity index (χ1n) is 7.41. The zero-order valence-electron chi connectivity index (χ0n) is 12.7. The Morgan fingerprint density at radius 3 is 2.33 bits per heavy atom. The maximum Gasteiger partial charge on any atom is 0.318 e. The molecule has 3 amide bonds. The van der Waals surface area contributed by atoms with Crippen LogP contribution in [0.2, 0.25) is 0 Å². The van der Waals surface area contributed by atoms with E-state index in [1.807, 2.05) is 24.3 Å². The molecule has 1 aliphatic rings. The third kappa shape index (κ3) is 3.36. The second-order valence-corrected chi connectivity index (χ2v) is 5.56. The van der Waals surface area contributed by atoms with E-state index in [1.54, 1.807) is 12.1 Å². The number of carbonyl (C=O) groups excluding carboxylic acids is 2. The molecule has 1 fully saturated rings. The lowest BCUT2D eigenvalue weighted by atomic mass is 10.0. The molecule has 1 heterocycles. The monoisotopic (exact) mass is 329 g/mol. The quantitative estimate of drug-likeness (QED) is 0.592. The van der Waals surface area contributed by atoms with Gasteiger partial charge in [0.15, 0.2) is 0 Å². The molecule has 3 N–H and O–H groups in total. The van der Waals surface area contributed by atoms with Crippen LogP contribution in [0.15, 0.2) is 48.5 Å². The van der Waals surface area contributed by atoms with Gasteiger partial charge in [0.1, 0.15) is 11.9 Å². The van der Waals surface area contributed by atoms with Crippen molar-refractivity contribution < 1.29 is 19.2 Å². The van der Waals surface area contributed by atoms with Gasteiger partial charge in [-0.25, -0.2) is 14.7 Å². The van der Waals surface area contributed by atoms with Crippen molar-refractivity contribution in [1.82, 2.24) is 15.7 Å². The first-order valence-corrected chi connectivity index (χ1v) is 7.41. The molecule has 0 aliphatic carbocycles. The van der Waals surface area contributed by atoms with E-state index in [-0.39, 0.29) is 18.4 Å². The van der Waals surface area contributed by atoms with Gasteiger partial charge in [-0.3, -0.25) is 10.0 Å². The summed E-state index contributed by atoms with van der Waals surface area (Å²) in [6.07, 6.45) is 0. The Morgan fingerprint density at radius 1 is 1.17 bits per heavy atom. The van der Waals surface area contributed by atoms with Gasteiger partial charge in [0.25, 0.3) is 5.91 Å². The van der Waals surface area contributed by atoms with Gasteiger partial charge in [0.05, 0.1) is 6.54 Å². The summed E-state index contributed by atoms with van der Waals surface area (Å²) >= 11 is 0. The molecule has 124 valence electrons. The van der Waals surface area contributed by atoms with Gasteiger partial charge in [-0.2, -0.15) is 0 Å². The van der Waals surface area contributed by atoms with Gasteiger partial charge < -0.3 is 10.2 Å². The third-order valence-corrected chi connectivity index (χ3v) is 3.92. The summed E-state index contributed by atoms with van der Waals surface area (Å²) in [5, 5.41) is 11.1. The van der Waals surface area contributed by atoms with E-state index in [4.69, 9.17) is 5.21 Å². The number of hydrogen-bond acceptors (Lipinski definition) is 3. The van der Waals surface area contributed by atoms with Gasteiger partial charge in [0, 0.05) is 6.54 Å². The fourth-order valence-corrected chi connectivity index (χ4v) is 2.62. The first-order chi connectivity index (χ1) is 11.6. The van der Waals surface area contributed by atoms with Gasteiger partial charge in [-0.15, -0.1) is 0 Å². The van der Waals surface area contributed by atoms with E-state index in [0.29, 0.717) is 6.54 Å². The van der Waals surface area contributed by atoms with Crippen LogP contribution in [0.3, 0.4) is 0 Å². The molecule has 3 rings (SSSR count). The Balaban J connectivity index is 1.67. The van der Waals surface area contributed by atoms with Crippen molar-refractivity contribution in [3.63, 3.8) is 0 Å². The Labute approximate surface area is 137 Å². The standard InChI is InChI=1S/C17H16FN3O3/c18-14-7-5-13(6-8-14)12-3-1-11(2-4-12)9-21-10-15(16(22)20-24)19-17(21)23/h1-8,15,24H,9-10H2,(H,19,23)(H,20,22). The Hall–Kier alpha value is -2.93. The molecule has 7 heteroatoms. The third-order valence-electron chi connectivity index (χ3n) is 3.92. The number of halogens is 1. The smallest absolute Gasteiger partial charge is 0.318 e. The average molecular weight is 329 g/mol. The van der Waals surface area contributed by atoms with Crippen LogP contribution < -0.4 is 10.8 Å². The number of amides is 3. The molecule has 0 bridgehead atoms. The fourth-order valence-electron chi connectivity index (χ4n) is 2.62. The molecule has 1 saturated heterocycles. The van der Waals surface area contributed by atoms with Crippen molar-refractivity contribution in [2.24, 2.45) is 0 Å². The number of urea groups is 1. The fraction of sp³-hybridized carbons (Fsp3) is 0.176. The number of benzene rings is 2. The van der Waals surface area contributed by atoms with E-state index >= 15 is 0 Å². The SMILES string of the molecule is O=C(NO)C1CN(Cc2ccc(-c3ccc(F)cc3)cc2)C(=O)N1. The van der Waals surface area contributed by atoms with Crippen LogP contribution in [0.25, 0.3) is 11.1 Å². The molecule has 0 aromatic heterocycles. The van der Waals surface area contributed by atoms with Crippen LogP contribution in [0.5, 0.6) is 0 Å². The molecule has 0 saturated carbocycles. The van der Waals surface area contributed by atoms with E-state index in [1.165, 1.54) is 22.5 Å². The number of hydroxylamine groups is 1. The number of nitrogens with one attached hydrogen (secondary N) is 2. The number of carbonyl (C=O) groups is 2. The molecule has 1 unspecified atom stereocenters. The topological polar surface area (TPSA) is 81.7 Å². The van der Waals surface area contributed by atoms with Gasteiger partial charge in [0.2, 0.25) is 0 Å². The summed E-state index contributed by atoms with van der Waals surface area (Å²) < 4.78 is 13.0. The van der Waals surface area contributed by atoms with Crippen molar-refractivity contribution >= 4 is 11.9 Å². The second kappa shape index (κ2) is 6.67. The van der Waals surface area contributed by atoms with Crippen molar-refractivity contribution in [2.75, 3.05) is 6.54 Å². The lowest BCUT2D eigenvalue weighted by Crippen LogP contribution is -2.41. The van der Waals surface area contributed by atoms with Crippen LogP contribution >= 0.6 is 0 Å². The maximum absolute atomic E-state index is 13.0. The van der Waals surface area contributed by atoms with E-state index < -0.39 is 11.9 Å². The van der Waals surface area contributed by atoms with E-state index in [2.05, 4.69) is 5.32 Å². The predicted molar refractivity (Wildman–Crippen MR) is 84.5 cm³/mol. The molecule has 6 nitrogen and oxygen atoms in total. The molecule has 0 radical (unpaired) electrons. The summed E-state index contributed by atoms with van der Waals surface area (Å²) in [6, 6.07) is 12.7. The summed E-state index contributed by atoms with van der Waals surface area (Å²) in [6.45, 7) is 0.537. The molecule has 2 aromatic carbocycles. The summed E-state index contributed by atoms with van der Waals surface area (Å²) in [7, 11) is 0. The minimum Gasteiger partial charge on any atom is -0.324 e. The highest BCUT2D eigenvalue weighted by atomic mass is 19.1. The lowest BCUT2D eigenvalue weighted by Gasteiger charge is -2.14. The number of rotatable bonds is 4. The molecule has 2 aromatic rings. The van der Waals surface area contributed by atoms with Gasteiger partial charge >= 0.3 is 6.03 Å². The molecule has 1 aliphatic heterocycles. The van der Waals surface area contributed by atoms with Crippen molar-refractivity contribution in [3.05, 3.63) is 59.9 Å². The highest BCUT2D eigenvalue weighted by molar-refractivity contribution is 5.89. The summed E-state index contributed by atoms with van der Waals surface area (Å²) in [4.78, 5) is 24.7. The van der Waals surface area contributed by atoms with Gasteiger partial charge in [-0.1, -0.05) is 36.4 Å². The number of hydrogen-bond donors (Lipinski definition) is 3. The molecule has 24 heavy (non-hydrogen) atoms. The minimum atomic E-state index is -0.763. The highest BCUT2D eigenvalue weighted by Gasteiger charge is 2.33. The van der Waals surface area contributed by atoms with Crippen LogP contribution in [0.4, 0.5) is 9.18 Å². The molecule has 0 spiro atoms. The molecule has 1 atom stereocenters. The lowest BCUT2D eigenvalue weighted by molar-refractivity contribution is -0.130. The summed E-state index contributed by atoms with van der Waals surface area (Å²) in [5.74, 6) is -0.922. The Morgan fingerprint density at radius 2 is 1.75 bits per heavy atom. The first kappa shape index (κ1) is 15.9. The zero-order chi connectivity index (χ0) is 17.1. The molecular weight excluding hydrogens is 313 g/mol. The number of nitrogens with zero attached hydrogens (tertiary/aromatic N) is 1. The molecular formula is C17H16FN3O3. The van der Waals surface area contributed by atoms with Crippen LogP contribution in [-0.4, -0.2) is 34.6 Å². The largest absolute Gasteiger partial charge is 0.324 e. The highest BCUT2D eigenvalue weighted by Crippen LogP contribution is 2.21. The second-order valence-electron chi connectivity index (χ2n) is 5.56. The normalized spacial score (nSPS) is 16.8.